The fourth-order valence-corrected chi connectivity index (χ4v) is 4.12. The maximum atomic E-state index is 10.9. The van der Waals surface area contributed by atoms with Crippen molar-refractivity contribution in [2.24, 2.45) is 0 Å². The van der Waals surface area contributed by atoms with E-state index in [4.69, 9.17) is 5.11 Å². The first-order valence-corrected chi connectivity index (χ1v) is 8.76. The number of carbonyl (C=O) groups is 2. The van der Waals surface area contributed by atoms with Gasteiger partial charge in [-0.05, 0) is 11.6 Å². The number of halogens is 1. The summed E-state index contributed by atoms with van der Waals surface area (Å²) in [5, 5.41) is 11.3. The Bertz CT molecular complexity index is 456. The lowest BCUT2D eigenvalue weighted by molar-refractivity contribution is -0.140. The molecule has 4 nitrogen and oxygen atoms in total. The summed E-state index contributed by atoms with van der Waals surface area (Å²) < 4.78 is 1.04. The van der Waals surface area contributed by atoms with E-state index in [1.807, 2.05) is 24.3 Å². The minimum atomic E-state index is -1.01. The van der Waals surface area contributed by atoms with Crippen molar-refractivity contribution in [2.75, 3.05) is 5.75 Å². The summed E-state index contributed by atoms with van der Waals surface area (Å²) in [6.45, 7) is 1.31. The molecule has 1 rings (SSSR count). The van der Waals surface area contributed by atoms with Crippen LogP contribution in [0.3, 0.4) is 0 Å². The molecule has 1 amide bonds. The van der Waals surface area contributed by atoms with Crippen LogP contribution < -0.4 is 5.32 Å². The maximum Gasteiger partial charge on any atom is 0.327 e. The molecule has 1 atom stereocenters. The second-order valence-electron chi connectivity index (χ2n) is 3.73. The van der Waals surface area contributed by atoms with Crippen LogP contribution in [0.2, 0.25) is 0 Å². The number of carboxylic acid groups (broad SMARTS) is 1. The van der Waals surface area contributed by atoms with Gasteiger partial charge in [-0.1, -0.05) is 55.7 Å². The minimum absolute atomic E-state index is 0.330. The third kappa shape index (κ3) is 6.35. The molecule has 0 aromatic heterocycles. The second kappa shape index (κ2) is 8.50. The molecule has 0 saturated heterocycles. The second-order valence-corrected chi connectivity index (χ2v) is 7.09. The number of benzene rings is 1. The number of hydrogen-bond acceptors (Lipinski definition) is 4. The summed E-state index contributed by atoms with van der Waals surface area (Å²) in [6, 6.07) is 7.05. The van der Waals surface area contributed by atoms with Crippen LogP contribution in [0, 0.1) is 0 Å². The molecule has 0 aliphatic rings. The fraction of sp³-hybridized carbons (Fsp3) is 0.333. The molecule has 0 fully saturated rings. The number of hydrogen-bond donors (Lipinski definition) is 2. The van der Waals surface area contributed by atoms with Crippen LogP contribution in [0.25, 0.3) is 0 Å². The quantitative estimate of drug-likeness (QED) is 0.575. The zero-order valence-corrected chi connectivity index (χ0v) is 13.5. The third-order valence-electron chi connectivity index (χ3n) is 2.17. The summed E-state index contributed by atoms with van der Waals surface area (Å²) in [5.74, 6) is -0.226. The number of rotatable bonds is 7. The Hall–Kier alpha value is -0.660. The third-order valence-corrected chi connectivity index (χ3v) is 5.27. The topological polar surface area (TPSA) is 66.4 Å². The van der Waals surface area contributed by atoms with Crippen molar-refractivity contribution in [1.82, 2.24) is 5.32 Å². The van der Waals surface area contributed by atoms with Gasteiger partial charge in [0.05, 0.1) is 0 Å². The van der Waals surface area contributed by atoms with Gasteiger partial charge in [0, 0.05) is 22.9 Å². The zero-order valence-electron chi connectivity index (χ0n) is 10.3. The molecule has 0 aliphatic carbocycles. The van der Waals surface area contributed by atoms with E-state index in [9.17, 15) is 9.59 Å². The molecule has 1 aromatic rings. The minimum Gasteiger partial charge on any atom is -0.480 e. The lowest BCUT2D eigenvalue weighted by Crippen LogP contribution is -2.41. The molecule has 0 saturated carbocycles. The average Bonchev–Trinajstić information content (AvgIpc) is 2.34. The molecule has 7 heteroatoms. The highest BCUT2D eigenvalue weighted by atomic mass is 79.9. The number of nitrogens with one attached hydrogen (secondary N) is 1. The SMILES string of the molecule is CC(=O)N[C@@H](CSSCc1ccccc1Br)C(=O)O. The van der Waals surface area contributed by atoms with E-state index >= 15 is 0 Å². The highest BCUT2D eigenvalue weighted by molar-refractivity contribution is 9.10. The average molecular weight is 364 g/mol. The molecule has 1 aromatic carbocycles. The first kappa shape index (κ1) is 16.4. The summed E-state index contributed by atoms with van der Waals surface area (Å²) in [6.07, 6.45) is 0. The van der Waals surface area contributed by atoms with Crippen molar-refractivity contribution < 1.29 is 14.7 Å². The van der Waals surface area contributed by atoms with Gasteiger partial charge in [-0.3, -0.25) is 4.79 Å². The van der Waals surface area contributed by atoms with E-state index in [1.54, 1.807) is 10.8 Å². The highest BCUT2D eigenvalue weighted by Gasteiger charge is 2.18. The lowest BCUT2D eigenvalue weighted by atomic mass is 10.2. The van der Waals surface area contributed by atoms with Gasteiger partial charge in [0.25, 0.3) is 0 Å². The van der Waals surface area contributed by atoms with Gasteiger partial charge in [-0.15, -0.1) is 0 Å². The predicted octanol–water partition coefficient (Wildman–Crippen LogP) is 2.92. The van der Waals surface area contributed by atoms with Crippen molar-refractivity contribution >= 4 is 49.4 Å². The van der Waals surface area contributed by atoms with Gasteiger partial charge in [0.1, 0.15) is 6.04 Å². The summed E-state index contributed by atoms with van der Waals surface area (Å²) >= 11 is 3.46. The van der Waals surface area contributed by atoms with Crippen molar-refractivity contribution in [2.45, 2.75) is 18.7 Å². The van der Waals surface area contributed by atoms with E-state index < -0.39 is 12.0 Å². The Morgan fingerprint density at radius 3 is 2.63 bits per heavy atom. The number of amides is 1. The van der Waals surface area contributed by atoms with Crippen molar-refractivity contribution in [3.63, 3.8) is 0 Å². The molecular weight excluding hydrogens is 350 g/mol. The number of carbonyl (C=O) groups excluding carboxylic acids is 1. The Morgan fingerprint density at radius 1 is 1.37 bits per heavy atom. The molecule has 0 bridgehead atoms. The Morgan fingerprint density at radius 2 is 2.05 bits per heavy atom. The van der Waals surface area contributed by atoms with Gasteiger partial charge in [-0.2, -0.15) is 0 Å². The van der Waals surface area contributed by atoms with Crippen LogP contribution in [0.5, 0.6) is 0 Å². The lowest BCUT2D eigenvalue weighted by Gasteiger charge is -2.12. The van der Waals surface area contributed by atoms with Gasteiger partial charge < -0.3 is 10.4 Å². The monoisotopic (exact) mass is 363 g/mol. The van der Waals surface area contributed by atoms with Gasteiger partial charge in [-0.25, -0.2) is 4.79 Å². The molecule has 0 radical (unpaired) electrons. The maximum absolute atomic E-state index is 10.9. The Kier molecular flexibility index (Phi) is 7.33. The van der Waals surface area contributed by atoms with E-state index in [1.165, 1.54) is 17.7 Å². The largest absolute Gasteiger partial charge is 0.480 e. The van der Waals surface area contributed by atoms with E-state index in [2.05, 4.69) is 21.2 Å². The fourth-order valence-electron chi connectivity index (χ4n) is 1.26. The van der Waals surface area contributed by atoms with Crippen LogP contribution in [0.15, 0.2) is 28.7 Å². The van der Waals surface area contributed by atoms with Crippen molar-refractivity contribution in [3.05, 3.63) is 34.3 Å². The van der Waals surface area contributed by atoms with E-state index in [0.29, 0.717) is 5.75 Å². The summed E-state index contributed by atoms with van der Waals surface area (Å²) in [7, 11) is 3.00. The molecule has 19 heavy (non-hydrogen) atoms. The van der Waals surface area contributed by atoms with Crippen LogP contribution >= 0.6 is 37.5 Å². The van der Waals surface area contributed by atoms with Crippen LogP contribution in [0.4, 0.5) is 0 Å². The van der Waals surface area contributed by atoms with Gasteiger partial charge in [0.2, 0.25) is 5.91 Å². The molecule has 104 valence electrons. The first-order valence-electron chi connectivity index (χ1n) is 5.48. The number of aliphatic carboxylic acids is 1. The molecule has 0 unspecified atom stereocenters. The molecule has 2 N–H and O–H groups in total. The van der Waals surface area contributed by atoms with E-state index in [0.717, 1.165) is 15.8 Å². The molecule has 0 aliphatic heterocycles. The van der Waals surface area contributed by atoms with Gasteiger partial charge in [0.15, 0.2) is 0 Å². The summed E-state index contributed by atoms with van der Waals surface area (Å²) in [5.41, 5.74) is 1.16. The summed E-state index contributed by atoms with van der Waals surface area (Å²) in [4.78, 5) is 21.8. The van der Waals surface area contributed by atoms with Crippen molar-refractivity contribution in [3.8, 4) is 0 Å². The molecule has 0 heterocycles. The standard InChI is InChI=1S/C12H14BrNO3S2/c1-8(15)14-11(12(16)17)7-19-18-6-9-4-2-3-5-10(9)13/h2-5,11H,6-7H2,1H3,(H,14,15)(H,16,17)/t11-/m0/s1. The highest BCUT2D eigenvalue weighted by Crippen LogP contribution is 2.29. The van der Waals surface area contributed by atoms with E-state index in [-0.39, 0.29) is 5.91 Å². The number of carboxylic acids is 1. The van der Waals surface area contributed by atoms with Crippen molar-refractivity contribution in [1.29, 1.82) is 0 Å². The first-order chi connectivity index (χ1) is 9.00. The van der Waals surface area contributed by atoms with Gasteiger partial charge >= 0.3 is 5.97 Å². The Balaban J connectivity index is 2.35. The van der Waals surface area contributed by atoms with Crippen LogP contribution in [-0.4, -0.2) is 28.8 Å². The Labute approximate surface area is 128 Å². The smallest absolute Gasteiger partial charge is 0.327 e. The predicted molar refractivity (Wildman–Crippen MR) is 83.1 cm³/mol. The zero-order chi connectivity index (χ0) is 14.3. The van der Waals surface area contributed by atoms with Crippen LogP contribution in [0.1, 0.15) is 12.5 Å². The molecular formula is C12H14BrNO3S2. The van der Waals surface area contributed by atoms with Crippen LogP contribution in [-0.2, 0) is 15.3 Å². The molecule has 0 spiro atoms. The normalized spacial score (nSPS) is 11.9.